The first-order valence-electron chi connectivity index (χ1n) is 5.93. The minimum Gasteiger partial charge on any atom is -0.448 e. The molecule has 0 aromatic heterocycles. The van der Waals surface area contributed by atoms with E-state index in [1.807, 2.05) is 0 Å². The highest BCUT2D eigenvalue weighted by Crippen LogP contribution is 2.08. The molecule has 0 radical (unpaired) electrons. The summed E-state index contributed by atoms with van der Waals surface area (Å²) in [5.74, 6) is -0.625. The Morgan fingerprint density at radius 2 is 1.53 bits per heavy atom. The molecule has 0 atom stereocenters. The van der Waals surface area contributed by atoms with Gasteiger partial charge in [0.2, 0.25) is 0 Å². The second kappa shape index (κ2) is 11.2. The van der Waals surface area contributed by atoms with E-state index >= 15 is 0 Å². The average molecular weight is 248 g/mol. The highest BCUT2D eigenvalue weighted by atomic mass is 17.5. The lowest BCUT2D eigenvalue weighted by molar-refractivity contribution is -0.457. The maximum atomic E-state index is 10.9. The van der Waals surface area contributed by atoms with Crippen molar-refractivity contribution in [2.45, 2.75) is 58.3 Å². The first kappa shape index (κ1) is 15.7. The predicted molar refractivity (Wildman–Crippen MR) is 58.9 cm³/mol. The number of hydrogen-bond acceptors (Lipinski definition) is 5. The Kier molecular flexibility index (Phi) is 10.3. The van der Waals surface area contributed by atoms with E-state index in [1.165, 1.54) is 25.7 Å². The van der Waals surface area contributed by atoms with Crippen molar-refractivity contribution in [1.82, 2.24) is 0 Å². The van der Waals surface area contributed by atoms with E-state index in [-0.39, 0.29) is 6.42 Å². The fraction of sp³-hybridized carbons (Fsp3) is 0.818. The third kappa shape index (κ3) is 12.6. The molecule has 0 aliphatic heterocycles. The van der Waals surface area contributed by atoms with Crippen LogP contribution in [0, 0.1) is 0 Å². The number of hydrogen-bond donors (Lipinski definition) is 1. The van der Waals surface area contributed by atoms with E-state index in [0.29, 0.717) is 6.42 Å². The molecule has 0 aromatic rings. The lowest BCUT2D eigenvalue weighted by atomic mass is 10.1. The molecule has 0 saturated carbocycles. The summed E-state index contributed by atoms with van der Waals surface area (Å²) in [7, 11) is 0. The molecule has 100 valence electrons. The van der Waals surface area contributed by atoms with Crippen LogP contribution in [0.15, 0.2) is 0 Å². The van der Waals surface area contributed by atoms with Crippen molar-refractivity contribution >= 4 is 12.1 Å². The molecule has 6 nitrogen and oxygen atoms in total. The quantitative estimate of drug-likeness (QED) is 0.363. The van der Waals surface area contributed by atoms with Crippen molar-refractivity contribution < 1.29 is 29.5 Å². The molecular weight excluding hydrogens is 228 g/mol. The summed E-state index contributed by atoms with van der Waals surface area (Å²) in [5, 5.41) is 11.7. The van der Waals surface area contributed by atoms with Crippen LogP contribution in [0.1, 0.15) is 58.3 Å². The van der Waals surface area contributed by atoms with Crippen LogP contribution in [-0.4, -0.2) is 17.2 Å². The summed E-state index contributed by atoms with van der Waals surface area (Å²) in [5.41, 5.74) is 0. The van der Waals surface area contributed by atoms with Crippen LogP contribution in [0.25, 0.3) is 0 Å². The van der Waals surface area contributed by atoms with E-state index < -0.39 is 12.1 Å². The maximum absolute atomic E-state index is 10.9. The molecule has 0 spiro atoms. The topological polar surface area (TPSA) is 82.1 Å². The van der Waals surface area contributed by atoms with Gasteiger partial charge in [0.25, 0.3) is 0 Å². The van der Waals surface area contributed by atoms with E-state index in [4.69, 9.17) is 5.11 Å². The zero-order valence-electron chi connectivity index (χ0n) is 10.1. The van der Waals surface area contributed by atoms with Crippen LogP contribution in [0.5, 0.6) is 0 Å². The zero-order valence-corrected chi connectivity index (χ0v) is 10.1. The summed E-state index contributed by atoms with van der Waals surface area (Å²) in [6.07, 6.45) is 6.19. The van der Waals surface area contributed by atoms with Crippen molar-refractivity contribution in [3.63, 3.8) is 0 Å². The van der Waals surface area contributed by atoms with Crippen LogP contribution >= 0.6 is 0 Å². The number of carbonyl (C=O) groups is 2. The molecular formula is C11H20O6. The van der Waals surface area contributed by atoms with Crippen LogP contribution in [0.4, 0.5) is 4.79 Å². The van der Waals surface area contributed by atoms with Gasteiger partial charge in [-0.1, -0.05) is 45.4 Å². The van der Waals surface area contributed by atoms with Gasteiger partial charge in [0.1, 0.15) is 0 Å². The largest absolute Gasteiger partial charge is 0.540 e. The smallest absolute Gasteiger partial charge is 0.448 e. The van der Waals surface area contributed by atoms with Gasteiger partial charge in [-0.3, -0.25) is 4.89 Å². The van der Waals surface area contributed by atoms with Crippen LogP contribution in [0.2, 0.25) is 0 Å². The summed E-state index contributed by atoms with van der Waals surface area (Å²) in [4.78, 5) is 28.4. The third-order valence-corrected chi connectivity index (χ3v) is 2.22. The minimum absolute atomic E-state index is 0.205. The normalized spacial score (nSPS) is 9.94. The molecule has 0 heterocycles. The second-order valence-electron chi connectivity index (χ2n) is 3.74. The number of unbranched alkanes of at least 4 members (excludes halogenated alkanes) is 6. The van der Waals surface area contributed by atoms with Gasteiger partial charge >= 0.3 is 12.1 Å². The standard InChI is InChI=1S/C11H20O6/c1-2-3-4-5-6-7-8-9-10(12)15-17-16-11(13)14/h2-9H2,1H3,(H,13,14). The Morgan fingerprint density at radius 3 is 2.12 bits per heavy atom. The summed E-state index contributed by atoms with van der Waals surface area (Å²) < 4.78 is 0. The molecule has 6 heteroatoms. The summed E-state index contributed by atoms with van der Waals surface area (Å²) >= 11 is 0. The van der Waals surface area contributed by atoms with Crippen LogP contribution in [0.3, 0.4) is 0 Å². The van der Waals surface area contributed by atoms with Gasteiger partial charge in [-0.05, 0) is 6.42 Å². The summed E-state index contributed by atoms with van der Waals surface area (Å²) in [6.45, 7) is 2.16. The minimum atomic E-state index is -1.66. The van der Waals surface area contributed by atoms with Crippen LogP contribution in [-0.2, 0) is 19.6 Å². The Balaban J connectivity index is 3.19. The number of carboxylic acid groups (broad SMARTS) is 1. The predicted octanol–water partition coefficient (Wildman–Crippen LogP) is 3.21. The summed E-state index contributed by atoms with van der Waals surface area (Å²) in [6, 6.07) is 0. The Hall–Kier alpha value is -1.30. The van der Waals surface area contributed by atoms with Gasteiger partial charge < -0.3 is 5.11 Å². The monoisotopic (exact) mass is 248 g/mol. The third-order valence-electron chi connectivity index (χ3n) is 2.22. The first-order chi connectivity index (χ1) is 8.16. The van der Waals surface area contributed by atoms with Gasteiger partial charge in [-0.15, -0.1) is 0 Å². The lowest BCUT2D eigenvalue weighted by Crippen LogP contribution is -2.08. The number of carbonyl (C=O) groups excluding carboxylic acids is 1. The molecule has 1 N–H and O–H groups in total. The Bertz CT molecular complexity index is 216. The van der Waals surface area contributed by atoms with Gasteiger partial charge in [0.15, 0.2) is 0 Å². The molecule has 0 aromatic carbocycles. The van der Waals surface area contributed by atoms with Gasteiger partial charge in [-0.25, -0.2) is 14.5 Å². The number of rotatable bonds is 10. The molecule has 0 unspecified atom stereocenters. The highest BCUT2D eigenvalue weighted by molar-refractivity contribution is 5.68. The Labute approximate surface area is 101 Å². The second-order valence-corrected chi connectivity index (χ2v) is 3.74. The first-order valence-corrected chi connectivity index (χ1v) is 5.93. The lowest BCUT2D eigenvalue weighted by Gasteiger charge is -2.01. The molecule has 0 amide bonds. The highest BCUT2D eigenvalue weighted by Gasteiger charge is 2.06. The van der Waals surface area contributed by atoms with Crippen LogP contribution < -0.4 is 0 Å². The molecule has 0 aliphatic carbocycles. The molecule has 17 heavy (non-hydrogen) atoms. The molecule has 0 fully saturated rings. The Morgan fingerprint density at radius 1 is 0.941 bits per heavy atom. The van der Waals surface area contributed by atoms with Crippen molar-refractivity contribution in [3.05, 3.63) is 0 Å². The van der Waals surface area contributed by atoms with E-state index in [2.05, 4.69) is 21.7 Å². The van der Waals surface area contributed by atoms with Crippen molar-refractivity contribution in [1.29, 1.82) is 0 Å². The fourth-order valence-corrected chi connectivity index (χ4v) is 1.35. The molecule has 0 rings (SSSR count). The van der Waals surface area contributed by atoms with Crippen molar-refractivity contribution in [3.8, 4) is 0 Å². The van der Waals surface area contributed by atoms with E-state index in [0.717, 1.165) is 12.8 Å². The SMILES string of the molecule is CCCCCCCCCC(=O)OOOC(=O)O. The maximum Gasteiger partial charge on any atom is 0.540 e. The average Bonchev–Trinajstić information content (AvgIpc) is 2.27. The van der Waals surface area contributed by atoms with E-state index in [9.17, 15) is 9.59 Å². The van der Waals surface area contributed by atoms with Crippen molar-refractivity contribution in [2.24, 2.45) is 0 Å². The van der Waals surface area contributed by atoms with Gasteiger partial charge in [-0.2, -0.15) is 0 Å². The van der Waals surface area contributed by atoms with Gasteiger partial charge in [0, 0.05) is 11.5 Å². The molecule has 0 saturated heterocycles. The van der Waals surface area contributed by atoms with Gasteiger partial charge in [0.05, 0.1) is 0 Å². The van der Waals surface area contributed by atoms with Crippen molar-refractivity contribution in [2.75, 3.05) is 0 Å². The fourth-order valence-electron chi connectivity index (χ4n) is 1.35. The van der Waals surface area contributed by atoms with E-state index in [1.54, 1.807) is 0 Å². The zero-order chi connectivity index (χ0) is 12.9. The molecule has 0 aliphatic rings. The molecule has 0 bridgehead atoms.